The highest BCUT2D eigenvalue weighted by atomic mass is 32.1. The highest BCUT2D eigenvalue weighted by Gasteiger charge is 2.19. The molecule has 0 radical (unpaired) electrons. The predicted molar refractivity (Wildman–Crippen MR) is 110 cm³/mol. The van der Waals surface area contributed by atoms with Gasteiger partial charge in [0.1, 0.15) is 4.66 Å². The van der Waals surface area contributed by atoms with Crippen molar-refractivity contribution in [2.24, 2.45) is 12.5 Å². The zero-order valence-corrected chi connectivity index (χ0v) is 17.6. The van der Waals surface area contributed by atoms with Crippen molar-refractivity contribution >= 4 is 29.3 Å². The molecule has 2 aromatic rings. The van der Waals surface area contributed by atoms with Gasteiger partial charge in [-0.15, -0.1) is 11.3 Å². The number of nitrogens with zero attached hydrogens (tertiary/aromatic N) is 1. The summed E-state index contributed by atoms with van der Waals surface area (Å²) in [5, 5.41) is 0. The van der Waals surface area contributed by atoms with Crippen LogP contribution in [-0.2, 0) is 11.8 Å². The van der Waals surface area contributed by atoms with Crippen molar-refractivity contribution in [1.82, 2.24) is 4.57 Å². The van der Waals surface area contributed by atoms with Crippen LogP contribution in [0.1, 0.15) is 39.7 Å². The van der Waals surface area contributed by atoms with Crippen LogP contribution in [-0.4, -0.2) is 24.1 Å². The SMILES string of the molecule is CCCOc1cc(/C=c2\s/c(=C\C(=O)C(C)(C)C)n(C)c2=O)ccc1OC. The number of ether oxygens (including phenoxy) is 2. The van der Waals surface area contributed by atoms with E-state index in [9.17, 15) is 9.59 Å². The van der Waals surface area contributed by atoms with Gasteiger partial charge in [-0.05, 0) is 30.2 Å². The first-order valence-corrected chi connectivity index (χ1v) is 9.73. The van der Waals surface area contributed by atoms with E-state index in [2.05, 4.69) is 0 Å². The van der Waals surface area contributed by atoms with Crippen molar-refractivity contribution in [3.8, 4) is 11.5 Å². The van der Waals surface area contributed by atoms with Crippen LogP contribution in [0.15, 0.2) is 23.0 Å². The number of Topliss-reactive ketones (excluding diaryl/α,β-unsaturated/α-hetero) is 1. The molecular formula is C21H27NO4S. The summed E-state index contributed by atoms with van der Waals surface area (Å²) in [6.07, 6.45) is 4.25. The number of hydrogen-bond acceptors (Lipinski definition) is 5. The van der Waals surface area contributed by atoms with Gasteiger partial charge in [0, 0.05) is 18.5 Å². The third kappa shape index (κ3) is 5.10. The van der Waals surface area contributed by atoms with E-state index in [1.165, 1.54) is 15.9 Å². The molecule has 0 bridgehead atoms. The van der Waals surface area contributed by atoms with Crippen molar-refractivity contribution in [2.45, 2.75) is 34.1 Å². The standard InChI is InChI=1S/C21H27NO4S/c1-7-10-26-16-11-14(8-9-15(16)25-6)12-17-20(24)22(5)19(27-17)13-18(23)21(2,3)4/h8-9,11-13H,7,10H2,1-6H3/b17-12-,19-13-. The fraction of sp³-hybridized carbons (Fsp3) is 0.429. The number of rotatable bonds is 6. The number of hydrogen-bond donors (Lipinski definition) is 0. The molecule has 1 aromatic carbocycles. The Bertz CT molecular complexity index is 993. The Labute approximate surface area is 163 Å². The zero-order chi connectivity index (χ0) is 20.2. The molecule has 0 amide bonds. The van der Waals surface area contributed by atoms with Crippen molar-refractivity contribution in [3.63, 3.8) is 0 Å². The van der Waals surface area contributed by atoms with Crippen molar-refractivity contribution < 1.29 is 14.3 Å². The Balaban J connectivity index is 2.52. The van der Waals surface area contributed by atoms with Crippen LogP contribution in [0.3, 0.4) is 0 Å². The average Bonchev–Trinajstić information content (AvgIpc) is 2.87. The lowest BCUT2D eigenvalue weighted by Crippen LogP contribution is -2.30. The lowest BCUT2D eigenvalue weighted by Gasteiger charge is -2.12. The Morgan fingerprint density at radius 1 is 1.26 bits per heavy atom. The van der Waals surface area contributed by atoms with E-state index in [0.717, 1.165) is 12.0 Å². The topological polar surface area (TPSA) is 57.5 Å². The third-order valence-corrected chi connectivity index (χ3v) is 5.11. The number of aromatic nitrogens is 1. The molecule has 5 nitrogen and oxygen atoms in total. The van der Waals surface area contributed by atoms with Gasteiger partial charge < -0.3 is 14.0 Å². The van der Waals surface area contributed by atoms with E-state index < -0.39 is 5.41 Å². The minimum absolute atomic E-state index is 0.00870. The van der Waals surface area contributed by atoms with Gasteiger partial charge in [0.05, 0.1) is 18.2 Å². The number of ketones is 1. The minimum Gasteiger partial charge on any atom is -0.493 e. The predicted octanol–water partition coefficient (Wildman–Crippen LogP) is 2.47. The number of methoxy groups -OCH3 is 1. The molecule has 0 aliphatic carbocycles. The molecule has 0 fully saturated rings. The van der Waals surface area contributed by atoms with Crippen molar-refractivity contribution in [2.75, 3.05) is 13.7 Å². The molecule has 0 saturated carbocycles. The van der Waals surface area contributed by atoms with E-state index >= 15 is 0 Å². The highest BCUT2D eigenvalue weighted by molar-refractivity contribution is 7.07. The van der Waals surface area contributed by atoms with Crippen LogP contribution >= 0.6 is 11.3 Å². The third-order valence-electron chi connectivity index (χ3n) is 4.00. The molecule has 0 aliphatic rings. The molecular weight excluding hydrogens is 362 g/mol. The average molecular weight is 390 g/mol. The number of benzene rings is 1. The molecule has 1 aromatic heterocycles. The summed E-state index contributed by atoms with van der Waals surface area (Å²) in [6, 6.07) is 5.56. The van der Waals surface area contributed by atoms with Gasteiger partial charge in [-0.1, -0.05) is 33.8 Å². The maximum absolute atomic E-state index is 12.6. The van der Waals surface area contributed by atoms with Gasteiger partial charge in [-0.3, -0.25) is 9.59 Å². The largest absolute Gasteiger partial charge is 0.493 e. The first-order valence-electron chi connectivity index (χ1n) is 8.92. The molecule has 0 N–H and O–H groups in total. The summed E-state index contributed by atoms with van der Waals surface area (Å²) in [6.45, 7) is 8.21. The fourth-order valence-electron chi connectivity index (χ4n) is 2.30. The molecule has 0 saturated heterocycles. The molecule has 1 heterocycles. The number of carbonyl (C=O) groups excluding carboxylic acids is 1. The lowest BCUT2D eigenvalue weighted by molar-refractivity contribution is -0.120. The highest BCUT2D eigenvalue weighted by Crippen LogP contribution is 2.28. The Kier molecular flexibility index (Phi) is 6.65. The van der Waals surface area contributed by atoms with E-state index in [-0.39, 0.29) is 11.3 Å². The smallest absolute Gasteiger partial charge is 0.268 e. The second-order valence-corrected chi connectivity index (χ2v) is 8.39. The summed E-state index contributed by atoms with van der Waals surface area (Å²) in [7, 11) is 3.28. The Hall–Kier alpha value is -2.34. The van der Waals surface area contributed by atoms with E-state index in [1.54, 1.807) is 20.2 Å². The quantitative estimate of drug-likeness (QED) is 0.762. The van der Waals surface area contributed by atoms with E-state index in [4.69, 9.17) is 9.47 Å². The van der Waals surface area contributed by atoms with Crippen LogP contribution in [0, 0.1) is 5.41 Å². The Morgan fingerprint density at radius 3 is 2.56 bits per heavy atom. The van der Waals surface area contributed by atoms with Crippen LogP contribution < -0.4 is 24.2 Å². The van der Waals surface area contributed by atoms with Gasteiger partial charge in [-0.2, -0.15) is 0 Å². The first kappa shape index (κ1) is 21.0. The van der Waals surface area contributed by atoms with Crippen molar-refractivity contribution in [3.05, 3.63) is 43.3 Å². The molecule has 27 heavy (non-hydrogen) atoms. The number of thiazole rings is 1. The normalized spacial score (nSPS) is 13.1. The molecule has 0 unspecified atom stereocenters. The summed E-state index contributed by atoms with van der Waals surface area (Å²) >= 11 is 1.31. The first-order chi connectivity index (χ1) is 12.7. The van der Waals surface area contributed by atoms with E-state index in [1.807, 2.05) is 52.0 Å². The zero-order valence-electron chi connectivity index (χ0n) is 16.8. The summed E-state index contributed by atoms with van der Waals surface area (Å²) in [4.78, 5) is 24.8. The van der Waals surface area contributed by atoms with Gasteiger partial charge in [0.2, 0.25) is 0 Å². The van der Waals surface area contributed by atoms with Crippen LogP contribution in [0.25, 0.3) is 12.2 Å². The maximum Gasteiger partial charge on any atom is 0.268 e. The van der Waals surface area contributed by atoms with Gasteiger partial charge in [0.15, 0.2) is 17.3 Å². The van der Waals surface area contributed by atoms with Gasteiger partial charge >= 0.3 is 0 Å². The second kappa shape index (κ2) is 8.57. The van der Waals surface area contributed by atoms with Gasteiger partial charge in [0.25, 0.3) is 5.56 Å². The molecule has 6 heteroatoms. The second-order valence-electron chi connectivity index (χ2n) is 7.33. The van der Waals surface area contributed by atoms with Crippen LogP contribution in [0.2, 0.25) is 0 Å². The number of carbonyl (C=O) groups is 1. The molecule has 0 atom stereocenters. The van der Waals surface area contributed by atoms with Crippen LogP contribution in [0.5, 0.6) is 11.5 Å². The molecule has 0 aliphatic heterocycles. The summed E-state index contributed by atoms with van der Waals surface area (Å²) in [5.41, 5.74) is 0.236. The van der Waals surface area contributed by atoms with Gasteiger partial charge in [-0.25, -0.2) is 0 Å². The van der Waals surface area contributed by atoms with E-state index in [0.29, 0.717) is 27.3 Å². The molecule has 146 valence electrons. The molecule has 2 rings (SSSR count). The van der Waals surface area contributed by atoms with Crippen molar-refractivity contribution in [1.29, 1.82) is 0 Å². The lowest BCUT2D eigenvalue weighted by atomic mass is 9.91. The molecule has 0 spiro atoms. The summed E-state index contributed by atoms with van der Waals surface area (Å²) in [5.74, 6) is 1.30. The Morgan fingerprint density at radius 2 is 1.96 bits per heavy atom. The minimum atomic E-state index is -0.481. The van der Waals surface area contributed by atoms with Crippen LogP contribution in [0.4, 0.5) is 0 Å². The summed E-state index contributed by atoms with van der Waals surface area (Å²) < 4.78 is 13.8. The fourth-order valence-corrected chi connectivity index (χ4v) is 3.33. The maximum atomic E-state index is 12.6. The monoisotopic (exact) mass is 389 g/mol.